The molecule has 1 aromatic heterocycles. The van der Waals surface area contributed by atoms with Gasteiger partial charge in [0.1, 0.15) is 5.82 Å². The molecule has 2 aliphatic rings. The maximum atomic E-state index is 13.2. The van der Waals surface area contributed by atoms with Gasteiger partial charge in [-0.25, -0.2) is 8.78 Å². The molecule has 1 aromatic rings. The van der Waals surface area contributed by atoms with Crippen LogP contribution in [0.5, 0.6) is 0 Å². The summed E-state index contributed by atoms with van der Waals surface area (Å²) >= 11 is 0. The van der Waals surface area contributed by atoms with E-state index >= 15 is 0 Å². The van der Waals surface area contributed by atoms with Crippen LogP contribution in [0.4, 0.5) is 8.78 Å². The minimum atomic E-state index is -2.79. The number of hydrogen-bond acceptors (Lipinski definition) is 4. The molecule has 1 N–H and O–H groups in total. The Labute approximate surface area is 121 Å². The molecule has 8 heteroatoms. The summed E-state index contributed by atoms with van der Waals surface area (Å²) in [5.74, 6) is -1.16. The summed E-state index contributed by atoms with van der Waals surface area (Å²) in [6, 6.07) is -0.793. The molecule has 0 saturated carbocycles. The number of halogens is 2. The SMILES string of the molecule is CC(C)c1nnc2n1CCN(C(=O)C1CC(F)(F)CN1)C2. The molecule has 0 spiro atoms. The van der Waals surface area contributed by atoms with Crippen molar-refractivity contribution in [3.63, 3.8) is 0 Å². The third-order valence-electron chi connectivity index (χ3n) is 4.02. The second kappa shape index (κ2) is 5.01. The molecule has 0 aliphatic carbocycles. The number of carbonyl (C=O) groups is 1. The fraction of sp³-hybridized carbons (Fsp3) is 0.769. The van der Waals surface area contributed by atoms with Crippen molar-refractivity contribution in [2.75, 3.05) is 13.1 Å². The molecule has 116 valence electrons. The minimum Gasteiger partial charge on any atom is -0.332 e. The summed E-state index contributed by atoms with van der Waals surface area (Å²) in [5, 5.41) is 10.9. The van der Waals surface area contributed by atoms with E-state index in [-0.39, 0.29) is 11.8 Å². The predicted octanol–water partition coefficient (Wildman–Crippen LogP) is 0.741. The second-order valence-corrected chi connectivity index (χ2v) is 6.03. The van der Waals surface area contributed by atoms with Crippen molar-refractivity contribution in [1.29, 1.82) is 0 Å². The minimum absolute atomic E-state index is 0.267. The number of alkyl halides is 2. The first-order valence-electron chi connectivity index (χ1n) is 7.19. The zero-order valence-corrected chi connectivity index (χ0v) is 12.1. The Bertz CT molecular complexity index is 557. The van der Waals surface area contributed by atoms with E-state index in [0.717, 1.165) is 11.6 Å². The summed E-state index contributed by atoms with van der Waals surface area (Å²) in [6.07, 6.45) is -0.424. The van der Waals surface area contributed by atoms with Crippen LogP contribution in [0.2, 0.25) is 0 Å². The van der Waals surface area contributed by atoms with E-state index in [4.69, 9.17) is 0 Å². The molecule has 1 fully saturated rings. The number of aromatic nitrogens is 3. The van der Waals surface area contributed by atoms with Crippen LogP contribution in [0.3, 0.4) is 0 Å². The van der Waals surface area contributed by atoms with Crippen LogP contribution in [0.1, 0.15) is 37.8 Å². The summed E-state index contributed by atoms with van der Waals surface area (Å²) < 4.78 is 28.4. The Kier molecular flexibility index (Phi) is 3.43. The number of nitrogens with zero attached hydrogens (tertiary/aromatic N) is 4. The van der Waals surface area contributed by atoms with Gasteiger partial charge in [0.25, 0.3) is 5.92 Å². The standard InChI is InChI=1S/C13H19F2N5O/c1-8(2)11-18-17-10-6-19(3-4-20(10)11)12(21)9-5-13(14,15)7-16-9/h8-9,16H,3-7H2,1-2H3. The molecule has 2 aliphatic heterocycles. The highest BCUT2D eigenvalue weighted by Crippen LogP contribution is 2.27. The number of fused-ring (bicyclic) bond motifs is 1. The number of amides is 1. The van der Waals surface area contributed by atoms with Crippen molar-refractivity contribution < 1.29 is 13.6 Å². The van der Waals surface area contributed by atoms with Gasteiger partial charge in [0.2, 0.25) is 5.91 Å². The van der Waals surface area contributed by atoms with E-state index < -0.39 is 24.9 Å². The van der Waals surface area contributed by atoms with Gasteiger partial charge in [-0.3, -0.25) is 10.1 Å². The van der Waals surface area contributed by atoms with E-state index in [0.29, 0.717) is 19.6 Å². The highest BCUT2D eigenvalue weighted by Gasteiger charge is 2.44. The summed E-state index contributed by atoms with van der Waals surface area (Å²) in [7, 11) is 0. The average molecular weight is 299 g/mol. The van der Waals surface area contributed by atoms with Crippen LogP contribution in [-0.4, -0.2) is 50.6 Å². The quantitative estimate of drug-likeness (QED) is 0.875. The first-order chi connectivity index (χ1) is 9.87. The molecular formula is C13H19F2N5O. The van der Waals surface area contributed by atoms with Gasteiger partial charge in [0.05, 0.1) is 19.1 Å². The van der Waals surface area contributed by atoms with Crippen LogP contribution in [0, 0.1) is 0 Å². The molecule has 1 unspecified atom stereocenters. The molecule has 0 radical (unpaired) electrons. The largest absolute Gasteiger partial charge is 0.332 e. The molecule has 3 heterocycles. The lowest BCUT2D eigenvalue weighted by Gasteiger charge is -2.30. The topological polar surface area (TPSA) is 63.1 Å². The van der Waals surface area contributed by atoms with Crippen LogP contribution in [-0.2, 0) is 17.9 Å². The first kappa shape index (κ1) is 14.4. The Morgan fingerprint density at radius 3 is 2.76 bits per heavy atom. The van der Waals surface area contributed by atoms with Crippen molar-refractivity contribution in [3.8, 4) is 0 Å². The first-order valence-corrected chi connectivity index (χ1v) is 7.19. The molecule has 1 saturated heterocycles. The third-order valence-corrected chi connectivity index (χ3v) is 4.02. The molecule has 0 bridgehead atoms. The Morgan fingerprint density at radius 2 is 2.14 bits per heavy atom. The summed E-state index contributed by atoms with van der Waals surface area (Å²) in [4.78, 5) is 13.9. The van der Waals surface area contributed by atoms with E-state index in [2.05, 4.69) is 15.5 Å². The fourth-order valence-electron chi connectivity index (χ4n) is 2.91. The smallest absolute Gasteiger partial charge is 0.262 e. The molecule has 21 heavy (non-hydrogen) atoms. The zero-order chi connectivity index (χ0) is 15.2. The Balaban J connectivity index is 1.70. The van der Waals surface area contributed by atoms with Crippen molar-refractivity contribution in [2.24, 2.45) is 0 Å². The lowest BCUT2D eigenvalue weighted by Crippen LogP contribution is -2.47. The number of hydrogen-bond donors (Lipinski definition) is 1. The van der Waals surface area contributed by atoms with Crippen LogP contribution < -0.4 is 5.32 Å². The Morgan fingerprint density at radius 1 is 1.38 bits per heavy atom. The number of nitrogens with one attached hydrogen (secondary N) is 1. The monoisotopic (exact) mass is 299 g/mol. The van der Waals surface area contributed by atoms with E-state index in [1.165, 1.54) is 0 Å². The van der Waals surface area contributed by atoms with Gasteiger partial charge in [-0.1, -0.05) is 13.8 Å². The predicted molar refractivity (Wildman–Crippen MR) is 70.9 cm³/mol. The van der Waals surface area contributed by atoms with E-state index in [1.54, 1.807) is 4.90 Å². The van der Waals surface area contributed by atoms with Crippen molar-refractivity contribution >= 4 is 5.91 Å². The normalized spacial score (nSPS) is 24.4. The molecule has 6 nitrogen and oxygen atoms in total. The summed E-state index contributed by atoms with van der Waals surface area (Å²) in [5.41, 5.74) is 0. The van der Waals surface area contributed by atoms with Crippen molar-refractivity contribution in [2.45, 2.75) is 51.2 Å². The van der Waals surface area contributed by atoms with Crippen LogP contribution in [0.15, 0.2) is 0 Å². The lowest BCUT2D eigenvalue weighted by molar-refractivity contribution is -0.135. The van der Waals surface area contributed by atoms with Gasteiger partial charge < -0.3 is 9.47 Å². The van der Waals surface area contributed by atoms with Crippen LogP contribution in [0.25, 0.3) is 0 Å². The summed E-state index contributed by atoms with van der Waals surface area (Å²) in [6.45, 7) is 5.12. The van der Waals surface area contributed by atoms with Gasteiger partial charge in [-0.15, -0.1) is 10.2 Å². The molecule has 0 aromatic carbocycles. The zero-order valence-electron chi connectivity index (χ0n) is 12.1. The lowest BCUT2D eigenvalue weighted by atomic mass is 10.1. The molecule has 1 amide bonds. The average Bonchev–Trinajstić information content (AvgIpc) is 3.00. The highest BCUT2D eigenvalue weighted by molar-refractivity contribution is 5.82. The molecule has 3 rings (SSSR count). The molecular weight excluding hydrogens is 280 g/mol. The van der Waals surface area contributed by atoms with Gasteiger partial charge >= 0.3 is 0 Å². The third kappa shape index (κ3) is 2.64. The number of carbonyl (C=O) groups excluding carboxylic acids is 1. The molecule has 1 atom stereocenters. The van der Waals surface area contributed by atoms with Gasteiger partial charge in [0, 0.05) is 25.4 Å². The van der Waals surface area contributed by atoms with Gasteiger partial charge in [-0.2, -0.15) is 0 Å². The number of rotatable bonds is 2. The maximum absolute atomic E-state index is 13.2. The van der Waals surface area contributed by atoms with Gasteiger partial charge in [-0.05, 0) is 0 Å². The van der Waals surface area contributed by atoms with Gasteiger partial charge in [0.15, 0.2) is 5.82 Å². The van der Waals surface area contributed by atoms with Crippen molar-refractivity contribution in [1.82, 2.24) is 25.0 Å². The maximum Gasteiger partial charge on any atom is 0.262 e. The van der Waals surface area contributed by atoms with Crippen LogP contribution >= 0.6 is 0 Å². The highest BCUT2D eigenvalue weighted by atomic mass is 19.3. The fourth-order valence-corrected chi connectivity index (χ4v) is 2.91. The van der Waals surface area contributed by atoms with E-state index in [1.807, 2.05) is 18.4 Å². The van der Waals surface area contributed by atoms with Crippen molar-refractivity contribution in [3.05, 3.63) is 11.6 Å². The Hall–Kier alpha value is -1.57. The second-order valence-electron chi connectivity index (χ2n) is 6.03. The van der Waals surface area contributed by atoms with E-state index in [9.17, 15) is 13.6 Å².